The molecule has 1 heterocycles. The summed E-state index contributed by atoms with van der Waals surface area (Å²) in [6.07, 6.45) is 3.24. The largest absolute Gasteiger partial charge is 0.487 e. The second kappa shape index (κ2) is 8.17. The fraction of sp³-hybridized carbons (Fsp3) is 0.278. The lowest BCUT2D eigenvalue weighted by molar-refractivity contribution is -0.119. The van der Waals surface area contributed by atoms with E-state index in [-0.39, 0.29) is 13.0 Å². The zero-order chi connectivity index (χ0) is 19.3. The van der Waals surface area contributed by atoms with Crippen LogP contribution in [0.1, 0.15) is 18.5 Å². The van der Waals surface area contributed by atoms with Crippen molar-refractivity contribution in [2.45, 2.75) is 26.0 Å². The molecule has 1 amide bonds. The molecule has 1 aromatic heterocycles. The summed E-state index contributed by atoms with van der Waals surface area (Å²) >= 11 is 0. The Labute approximate surface area is 157 Å². The molecule has 0 unspecified atom stereocenters. The van der Waals surface area contributed by atoms with Crippen LogP contribution in [-0.2, 0) is 28.0 Å². The summed E-state index contributed by atoms with van der Waals surface area (Å²) in [5.41, 5.74) is 0.670. The van der Waals surface area contributed by atoms with Gasteiger partial charge in [-0.15, -0.1) is 5.10 Å². The normalized spacial score (nSPS) is 11.4. The Morgan fingerprint density at radius 2 is 1.96 bits per heavy atom. The van der Waals surface area contributed by atoms with Crippen LogP contribution in [0.5, 0.6) is 5.75 Å². The summed E-state index contributed by atoms with van der Waals surface area (Å²) in [4.78, 5) is 11.5. The molecule has 3 rings (SSSR count). The Morgan fingerprint density at radius 1 is 1.19 bits per heavy atom. The number of benzene rings is 2. The molecule has 9 heteroatoms. The zero-order valence-corrected chi connectivity index (χ0v) is 15.6. The van der Waals surface area contributed by atoms with Crippen LogP contribution in [0, 0.1) is 0 Å². The number of aromatic nitrogens is 3. The third-order valence-electron chi connectivity index (χ3n) is 3.80. The molecule has 0 fully saturated rings. The Kier molecular flexibility index (Phi) is 5.70. The summed E-state index contributed by atoms with van der Waals surface area (Å²) < 4.78 is 31.4. The minimum absolute atomic E-state index is 0.0920. The Balaban J connectivity index is 1.51. The average molecular weight is 388 g/mol. The molecule has 2 aromatic carbocycles. The van der Waals surface area contributed by atoms with Crippen molar-refractivity contribution in [2.75, 3.05) is 6.26 Å². The second-order valence-electron chi connectivity index (χ2n) is 6.14. The number of rotatable bonds is 8. The molecule has 0 saturated carbocycles. The third-order valence-corrected chi connectivity index (χ3v) is 4.40. The molecule has 1 N–H and O–H groups in total. The fourth-order valence-electron chi connectivity index (χ4n) is 2.65. The molecule has 0 bridgehead atoms. The maximum atomic E-state index is 11.5. The monoisotopic (exact) mass is 388 g/mol. The summed E-state index contributed by atoms with van der Waals surface area (Å²) in [5, 5.41) is 10.2. The molecule has 0 radical (unpaired) electrons. The molecular formula is C18H20N4O4S. The first-order valence-corrected chi connectivity index (χ1v) is 10.3. The number of ether oxygens (including phenoxy) is 1. The van der Waals surface area contributed by atoms with E-state index >= 15 is 0 Å². The zero-order valence-electron chi connectivity index (χ0n) is 14.8. The van der Waals surface area contributed by atoms with Crippen molar-refractivity contribution in [1.82, 2.24) is 19.7 Å². The first-order chi connectivity index (χ1) is 12.9. The van der Waals surface area contributed by atoms with Crippen LogP contribution in [0.4, 0.5) is 0 Å². The van der Waals surface area contributed by atoms with E-state index in [0.29, 0.717) is 18.7 Å². The molecule has 142 valence electrons. The van der Waals surface area contributed by atoms with E-state index in [1.165, 1.54) is 0 Å². The van der Waals surface area contributed by atoms with Gasteiger partial charge in [0, 0.05) is 18.4 Å². The van der Waals surface area contributed by atoms with Gasteiger partial charge in [-0.1, -0.05) is 41.6 Å². The van der Waals surface area contributed by atoms with Gasteiger partial charge >= 0.3 is 0 Å². The van der Waals surface area contributed by atoms with Gasteiger partial charge in [0.05, 0.1) is 12.5 Å². The predicted molar refractivity (Wildman–Crippen MR) is 101 cm³/mol. The molecule has 0 aliphatic rings. The van der Waals surface area contributed by atoms with Crippen molar-refractivity contribution in [3.8, 4) is 5.75 Å². The highest BCUT2D eigenvalue weighted by Gasteiger charge is 2.09. The summed E-state index contributed by atoms with van der Waals surface area (Å²) in [5.74, 6) is 0.247. The highest BCUT2D eigenvalue weighted by molar-refractivity contribution is 7.89. The fourth-order valence-corrected chi connectivity index (χ4v) is 3.16. The van der Waals surface area contributed by atoms with Gasteiger partial charge < -0.3 is 4.74 Å². The number of fused-ring (bicyclic) bond motifs is 1. The van der Waals surface area contributed by atoms with Gasteiger partial charge in [-0.05, 0) is 17.9 Å². The molecule has 8 nitrogen and oxygen atoms in total. The van der Waals surface area contributed by atoms with E-state index in [4.69, 9.17) is 4.74 Å². The van der Waals surface area contributed by atoms with E-state index in [9.17, 15) is 13.2 Å². The van der Waals surface area contributed by atoms with Crippen molar-refractivity contribution in [3.63, 3.8) is 0 Å². The number of hydrogen-bond donors (Lipinski definition) is 1. The smallest absolute Gasteiger partial charge is 0.233 e. The second-order valence-corrected chi connectivity index (χ2v) is 7.89. The number of carbonyl (C=O) groups excluding carboxylic acids is 1. The van der Waals surface area contributed by atoms with Crippen LogP contribution in [0.2, 0.25) is 0 Å². The van der Waals surface area contributed by atoms with Gasteiger partial charge in [-0.2, -0.15) is 0 Å². The standard InChI is InChI=1S/C18H20N4O4S/c1-27(24,25)20-18(23)10-5-11-22-12-15(19-21-22)13-26-17-9-4-7-14-6-2-3-8-16(14)17/h2-4,6-9,12H,5,10-11,13H2,1H3,(H,20,23). The Hall–Kier alpha value is -2.94. The van der Waals surface area contributed by atoms with Gasteiger partial charge in [0.25, 0.3) is 0 Å². The lowest BCUT2D eigenvalue weighted by Gasteiger charge is -2.07. The van der Waals surface area contributed by atoms with E-state index in [2.05, 4.69) is 10.3 Å². The van der Waals surface area contributed by atoms with Crippen LogP contribution < -0.4 is 9.46 Å². The summed E-state index contributed by atoms with van der Waals surface area (Å²) in [6.45, 7) is 0.737. The van der Waals surface area contributed by atoms with Gasteiger partial charge in [0.15, 0.2) is 0 Å². The van der Waals surface area contributed by atoms with Crippen LogP contribution in [-0.4, -0.2) is 35.6 Å². The van der Waals surface area contributed by atoms with Gasteiger partial charge in [0.2, 0.25) is 15.9 Å². The van der Waals surface area contributed by atoms with Crippen molar-refractivity contribution in [3.05, 3.63) is 54.4 Å². The average Bonchev–Trinajstić information content (AvgIpc) is 3.06. The van der Waals surface area contributed by atoms with Crippen LogP contribution >= 0.6 is 0 Å². The number of nitrogens with one attached hydrogen (secondary N) is 1. The molecule has 0 aliphatic carbocycles. The minimum Gasteiger partial charge on any atom is -0.487 e. The number of carbonyl (C=O) groups is 1. The van der Waals surface area contributed by atoms with E-state index in [1.807, 2.05) is 47.2 Å². The maximum absolute atomic E-state index is 11.5. The van der Waals surface area contributed by atoms with Gasteiger partial charge in [-0.25, -0.2) is 8.42 Å². The predicted octanol–water partition coefficient (Wildman–Crippen LogP) is 1.87. The molecule has 3 aromatic rings. The summed E-state index contributed by atoms with van der Waals surface area (Å²) in [7, 11) is -3.51. The Bertz CT molecular complexity index is 1040. The number of amides is 1. The molecule has 0 saturated heterocycles. The van der Waals surface area contributed by atoms with Crippen molar-refractivity contribution < 1.29 is 17.9 Å². The Morgan fingerprint density at radius 3 is 2.78 bits per heavy atom. The SMILES string of the molecule is CS(=O)(=O)NC(=O)CCCn1cc(COc2cccc3ccccc23)nn1. The van der Waals surface area contributed by atoms with Crippen molar-refractivity contribution in [2.24, 2.45) is 0 Å². The van der Waals surface area contributed by atoms with Gasteiger partial charge in [-0.3, -0.25) is 14.2 Å². The highest BCUT2D eigenvalue weighted by atomic mass is 32.2. The number of nitrogens with zero attached hydrogens (tertiary/aromatic N) is 3. The molecule has 0 spiro atoms. The van der Waals surface area contributed by atoms with Crippen LogP contribution in [0.15, 0.2) is 48.7 Å². The lowest BCUT2D eigenvalue weighted by Crippen LogP contribution is -2.29. The maximum Gasteiger partial charge on any atom is 0.233 e. The molecule has 0 atom stereocenters. The first kappa shape index (κ1) is 18.8. The lowest BCUT2D eigenvalue weighted by atomic mass is 10.1. The molecule has 0 aliphatic heterocycles. The van der Waals surface area contributed by atoms with E-state index < -0.39 is 15.9 Å². The van der Waals surface area contributed by atoms with Crippen LogP contribution in [0.25, 0.3) is 10.8 Å². The number of sulfonamides is 1. The minimum atomic E-state index is -3.51. The molecular weight excluding hydrogens is 368 g/mol. The highest BCUT2D eigenvalue weighted by Crippen LogP contribution is 2.25. The van der Waals surface area contributed by atoms with Gasteiger partial charge in [0.1, 0.15) is 18.1 Å². The number of aryl methyl sites for hydroxylation is 1. The van der Waals surface area contributed by atoms with E-state index in [1.54, 1.807) is 10.9 Å². The number of hydrogen-bond acceptors (Lipinski definition) is 6. The topological polar surface area (TPSA) is 103 Å². The van der Waals surface area contributed by atoms with E-state index in [0.717, 1.165) is 22.8 Å². The quantitative estimate of drug-likeness (QED) is 0.632. The summed E-state index contributed by atoms with van der Waals surface area (Å²) in [6, 6.07) is 13.8. The van der Waals surface area contributed by atoms with Crippen LogP contribution in [0.3, 0.4) is 0 Å². The third kappa shape index (κ3) is 5.52. The molecule has 27 heavy (non-hydrogen) atoms. The van der Waals surface area contributed by atoms with Crippen molar-refractivity contribution in [1.29, 1.82) is 0 Å². The first-order valence-electron chi connectivity index (χ1n) is 8.41. The van der Waals surface area contributed by atoms with Crippen molar-refractivity contribution >= 4 is 26.7 Å².